The minimum absolute atomic E-state index is 0.0909. The summed E-state index contributed by atoms with van der Waals surface area (Å²) in [6.45, 7) is 0.154. The number of nitro benzene ring substituents is 1. The molecule has 3 aromatic rings. The van der Waals surface area contributed by atoms with Crippen molar-refractivity contribution in [2.45, 2.75) is 6.61 Å². The number of anilines is 1. The molecule has 1 heterocycles. The smallest absolute Gasteiger partial charge is 0.311 e. The SMILES string of the molecule is O=C1NN(c2ccccc2)C(=O)/C1=C\c1ccc(OCc2ccc(Br)cc2)c([N+](=O)[O-])c1. The summed E-state index contributed by atoms with van der Waals surface area (Å²) >= 11 is 3.35. The second kappa shape index (κ2) is 9.03. The fourth-order valence-electron chi connectivity index (χ4n) is 3.11. The van der Waals surface area contributed by atoms with Crippen LogP contribution in [0.25, 0.3) is 6.08 Å². The molecule has 8 nitrogen and oxygen atoms in total. The lowest BCUT2D eigenvalue weighted by atomic mass is 10.1. The second-order valence-corrected chi connectivity index (χ2v) is 7.79. The summed E-state index contributed by atoms with van der Waals surface area (Å²) in [5, 5.41) is 12.7. The Morgan fingerprint density at radius 2 is 1.75 bits per heavy atom. The Hall–Kier alpha value is -3.98. The summed E-state index contributed by atoms with van der Waals surface area (Å²) in [5.41, 5.74) is 3.81. The van der Waals surface area contributed by atoms with Gasteiger partial charge in [0.2, 0.25) is 0 Å². The van der Waals surface area contributed by atoms with E-state index in [1.165, 1.54) is 18.2 Å². The highest BCUT2D eigenvalue weighted by Crippen LogP contribution is 2.30. The number of nitro groups is 1. The first-order chi connectivity index (χ1) is 15.4. The fourth-order valence-corrected chi connectivity index (χ4v) is 3.38. The number of carbonyl (C=O) groups excluding carboxylic acids is 2. The van der Waals surface area contributed by atoms with Crippen LogP contribution in [-0.4, -0.2) is 16.7 Å². The van der Waals surface area contributed by atoms with Crippen molar-refractivity contribution in [1.82, 2.24) is 5.43 Å². The van der Waals surface area contributed by atoms with Gasteiger partial charge in [-0.3, -0.25) is 25.1 Å². The van der Waals surface area contributed by atoms with Gasteiger partial charge >= 0.3 is 5.69 Å². The van der Waals surface area contributed by atoms with Crippen molar-refractivity contribution in [3.63, 3.8) is 0 Å². The van der Waals surface area contributed by atoms with Crippen molar-refractivity contribution in [2.75, 3.05) is 5.01 Å². The van der Waals surface area contributed by atoms with Crippen molar-refractivity contribution >= 4 is 45.2 Å². The third-order valence-electron chi connectivity index (χ3n) is 4.70. The average molecular weight is 494 g/mol. The minimum Gasteiger partial charge on any atom is -0.482 e. The minimum atomic E-state index is -0.586. The van der Waals surface area contributed by atoms with E-state index < -0.39 is 16.7 Å². The topological polar surface area (TPSA) is 102 Å². The van der Waals surface area contributed by atoms with Gasteiger partial charge in [-0.1, -0.05) is 52.3 Å². The molecule has 0 bridgehead atoms. The quantitative estimate of drug-likeness (QED) is 0.237. The zero-order chi connectivity index (χ0) is 22.7. The maximum atomic E-state index is 12.7. The second-order valence-electron chi connectivity index (χ2n) is 6.87. The van der Waals surface area contributed by atoms with Crippen LogP contribution >= 0.6 is 15.9 Å². The van der Waals surface area contributed by atoms with Gasteiger partial charge in [-0.15, -0.1) is 0 Å². The van der Waals surface area contributed by atoms with Gasteiger partial charge < -0.3 is 4.74 Å². The summed E-state index contributed by atoms with van der Waals surface area (Å²) in [6.07, 6.45) is 1.33. The Balaban J connectivity index is 1.57. The van der Waals surface area contributed by atoms with Crippen LogP contribution in [0.3, 0.4) is 0 Å². The molecule has 9 heteroatoms. The van der Waals surface area contributed by atoms with E-state index >= 15 is 0 Å². The van der Waals surface area contributed by atoms with Crippen LogP contribution in [0.15, 0.2) is 82.8 Å². The molecule has 160 valence electrons. The molecule has 0 radical (unpaired) electrons. The molecule has 0 unspecified atom stereocenters. The first-order valence-corrected chi connectivity index (χ1v) is 10.3. The normalized spacial score (nSPS) is 14.5. The number of ether oxygens (including phenoxy) is 1. The monoisotopic (exact) mass is 493 g/mol. The van der Waals surface area contributed by atoms with Gasteiger partial charge in [-0.25, -0.2) is 5.01 Å². The summed E-state index contributed by atoms with van der Waals surface area (Å²) in [6, 6.07) is 20.3. The van der Waals surface area contributed by atoms with E-state index in [0.29, 0.717) is 11.3 Å². The lowest BCUT2D eigenvalue weighted by Gasteiger charge is -2.13. The van der Waals surface area contributed by atoms with Crippen molar-refractivity contribution < 1.29 is 19.2 Å². The van der Waals surface area contributed by atoms with Crippen molar-refractivity contribution in [2.24, 2.45) is 0 Å². The van der Waals surface area contributed by atoms with Crippen molar-refractivity contribution in [1.29, 1.82) is 0 Å². The summed E-state index contributed by atoms with van der Waals surface area (Å²) in [4.78, 5) is 36.1. The molecule has 1 fully saturated rings. The Morgan fingerprint density at radius 1 is 1.03 bits per heavy atom. The van der Waals surface area contributed by atoms with Crippen LogP contribution in [0.4, 0.5) is 11.4 Å². The number of carbonyl (C=O) groups is 2. The Morgan fingerprint density at radius 3 is 2.44 bits per heavy atom. The highest BCUT2D eigenvalue weighted by atomic mass is 79.9. The van der Waals surface area contributed by atoms with Gasteiger partial charge in [-0.05, 0) is 47.5 Å². The lowest BCUT2D eigenvalue weighted by molar-refractivity contribution is -0.386. The van der Waals surface area contributed by atoms with Crippen LogP contribution in [0.5, 0.6) is 5.75 Å². The maximum Gasteiger partial charge on any atom is 0.311 e. The largest absolute Gasteiger partial charge is 0.482 e. The van der Waals surface area contributed by atoms with Crippen LogP contribution in [-0.2, 0) is 16.2 Å². The molecule has 1 N–H and O–H groups in total. The van der Waals surface area contributed by atoms with Crippen LogP contribution in [0, 0.1) is 10.1 Å². The molecule has 0 aromatic heterocycles. The molecule has 0 aliphatic carbocycles. The van der Waals surface area contributed by atoms with E-state index in [1.54, 1.807) is 36.4 Å². The average Bonchev–Trinajstić information content (AvgIpc) is 3.08. The van der Waals surface area contributed by atoms with Crippen LogP contribution in [0.2, 0.25) is 0 Å². The van der Waals surface area contributed by atoms with E-state index in [4.69, 9.17) is 4.74 Å². The predicted octanol–water partition coefficient (Wildman–Crippen LogP) is 4.40. The standard InChI is InChI=1S/C23H16BrN3O5/c24-17-9-6-15(7-10-17)14-32-21-11-8-16(13-20(21)27(30)31)12-19-22(28)25-26(23(19)29)18-4-2-1-3-5-18/h1-13H,14H2,(H,25,28)/b19-12-. The fraction of sp³-hybridized carbons (Fsp3) is 0.0435. The number of benzene rings is 3. The molecule has 1 aliphatic heterocycles. The molecule has 3 aromatic carbocycles. The van der Waals surface area contributed by atoms with E-state index in [-0.39, 0.29) is 23.6 Å². The number of hydrogen-bond acceptors (Lipinski definition) is 5. The number of amides is 2. The van der Waals surface area contributed by atoms with Crippen molar-refractivity contribution in [3.05, 3.63) is 104 Å². The predicted molar refractivity (Wildman–Crippen MR) is 122 cm³/mol. The first kappa shape index (κ1) is 21.3. The maximum absolute atomic E-state index is 12.7. The summed E-state index contributed by atoms with van der Waals surface area (Å²) < 4.78 is 6.55. The van der Waals surface area contributed by atoms with Crippen LogP contribution in [0.1, 0.15) is 11.1 Å². The Bertz CT molecular complexity index is 1230. The van der Waals surface area contributed by atoms with Gasteiger partial charge in [-0.2, -0.15) is 0 Å². The molecular formula is C23H16BrN3O5. The van der Waals surface area contributed by atoms with Gasteiger partial charge in [0.15, 0.2) is 5.75 Å². The molecule has 0 spiro atoms. The molecule has 4 rings (SSSR count). The van der Waals surface area contributed by atoms with Crippen molar-refractivity contribution in [3.8, 4) is 5.75 Å². The molecule has 32 heavy (non-hydrogen) atoms. The molecule has 0 atom stereocenters. The van der Waals surface area contributed by atoms with E-state index in [0.717, 1.165) is 15.0 Å². The molecule has 2 amide bonds. The number of rotatable bonds is 6. The van der Waals surface area contributed by atoms with Gasteiger partial charge in [0.1, 0.15) is 12.2 Å². The van der Waals surface area contributed by atoms with E-state index in [9.17, 15) is 19.7 Å². The first-order valence-electron chi connectivity index (χ1n) is 9.50. The number of nitrogens with zero attached hydrogens (tertiary/aromatic N) is 2. The van der Waals surface area contributed by atoms with Gasteiger partial charge in [0, 0.05) is 10.5 Å². The number of halogens is 1. The van der Waals surface area contributed by atoms with Gasteiger partial charge in [0.05, 0.1) is 10.6 Å². The number of para-hydroxylation sites is 1. The third-order valence-corrected chi connectivity index (χ3v) is 5.23. The molecular weight excluding hydrogens is 478 g/mol. The number of hydrogen-bond donors (Lipinski definition) is 1. The van der Waals surface area contributed by atoms with Crippen LogP contribution < -0.4 is 15.2 Å². The van der Waals surface area contributed by atoms with E-state index in [1.807, 2.05) is 24.3 Å². The van der Waals surface area contributed by atoms with Gasteiger partial charge in [0.25, 0.3) is 11.8 Å². The lowest BCUT2D eigenvalue weighted by Crippen LogP contribution is -2.35. The highest BCUT2D eigenvalue weighted by molar-refractivity contribution is 9.10. The Labute approximate surface area is 191 Å². The third kappa shape index (κ3) is 4.52. The van der Waals surface area contributed by atoms with E-state index in [2.05, 4.69) is 21.4 Å². The number of nitrogens with one attached hydrogen (secondary N) is 1. The molecule has 1 saturated heterocycles. The summed E-state index contributed by atoms with van der Waals surface area (Å²) in [5.74, 6) is -1.04. The molecule has 0 saturated carbocycles. The zero-order valence-electron chi connectivity index (χ0n) is 16.5. The number of hydrazine groups is 1. The molecule has 1 aliphatic rings. The zero-order valence-corrected chi connectivity index (χ0v) is 18.1. The summed E-state index contributed by atoms with van der Waals surface area (Å²) in [7, 11) is 0. The highest BCUT2D eigenvalue weighted by Gasteiger charge is 2.34. The Kier molecular flexibility index (Phi) is 6.00.